The zero-order valence-electron chi connectivity index (χ0n) is 19.9. The molecule has 10 heteroatoms. The highest BCUT2D eigenvalue weighted by atomic mass is 35.5. The molecule has 3 rings (SSSR count). The van der Waals surface area contributed by atoms with Crippen molar-refractivity contribution in [1.82, 2.24) is 10.2 Å². The maximum Gasteiger partial charge on any atom is 0.244 e. The first kappa shape index (κ1) is 26.9. The number of carbonyl (C=O) groups is 2. The van der Waals surface area contributed by atoms with Gasteiger partial charge in [-0.15, -0.1) is 0 Å². The van der Waals surface area contributed by atoms with Gasteiger partial charge in [-0.1, -0.05) is 49.6 Å². The van der Waals surface area contributed by atoms with Crippen molar-refractivity contribution in [2.75, 3.05) is 17.1 Å². The van der Waals surface area contributed by atoms with Crippen molar-refractivity contribution in [3.05, 3.63) is 64.9 Å². The molecule has 1 N–H and O–H groups in total. The van der Waals surface area contributed by atoms with Crippen LogP contribution in [0.4, 0.5) is 10.1 Å². The average Bonchev–Trinajstić information content (AvgIpc) is 3.30. The fourth-order valence-corrected chi connectivity index (χ4v) is 5.34. The number of halogens is 2. The summed E-state index contributed by atoms with van der Waals surface area (Å²) < 4.78 is 39.6. The molecule has 0 unspecified atom stereocenters. The van der Waals surface area contributed by atoms with Gasteiger partial charge < -0.3 is 10.2 Å². The molecular weight excluding hydrogens is 493 g/mol. The van der Waals surface area contributed by atoms with Gasteiger partial charge >= 0.3 is 0 Å². The van der Waals surface area contributed by atoms with E-state index in [1.165, 1.54) is 23.1 Å². The predicted molar refractivity (Wildman–Crippen MR) is 135 cm³/mol. The molecule has 0 aromatic heterocycles. The van der Waals surface area contributed by atoms with E-state index in [0.717, 1.165) is 36.2 Å². The first-order chi connectivity index (χ1) is 16.6. The van der Waals surface area contributed by atoms with E-state index in [1.807, 2.05) is 0 Å². The second kappa shape index (κ2) is 11.9. The van der Waals surface area contributed by atoms with E-state index in [-0.39, 0.29) is 24.2 Å². The lowest BCUT2D eigenvalue weighted by Gasteiger charge is -2.33. The Balaban J connectivity index is 1.91. The standard InChI is InChI=1S/C25H31ClFN3O4S/c1-3-23(25(32)28-21-8-4-5-9-21)29(16-18-11-13-20(27)14-12-18)24(31)17-30(35(2,33)34)22-10-6-7-19(26)15-22/h6-7,10-15,21,23H,3-5,8-9,16-17H2,1-2H3,(H,28,32)/t23-/m0/s1. The van der Waals surface area contributed by atoms with E-state index in [4.69, 9.17) is 11.6 Å². The van der Waals surface area contributed by atoms with Crippen LogP contribution in [0.15, 0.2) is 48.5 Å². The van der Waals surface area contributed by atoms with Gasteiger partial charge in [0.15, 0.2) is 0 Å². The van der Waals surface area contributed by atoms with Crippen LogP contribution in [0.3, 0.4) is 0 Å². The lowest BCUT2D eigenvalue weighted by molar-refractivity contribution is -0.140. The second-order valence-electron chi connectivity index (χ2n) is 8.81. The number of benzene rings is 2. The molecular formula is C25H31ClFN3O4S. The molecule has 2 aromatic carbocycles. The molecule has 190 valence electrons. The number of amides is 2. The fourth-order valence-electron chi connectivity index (χ4n) is 4.32. The normalized spacial score (nSPS) is 15.0. The third-order valence-corrected chi connectivity index (χ3v) is 7.50. The Kier molecular flexibility index (Phi) is 9.13. The van der Waals surface area contributed by atoms with Crippen molar-refractivity contribution >= 4 is 39.1 Å². The fraction of sp³-hybridized carbons (Fsp3) is 0.440. The SMILES string of the molecule is CC[C@@H](C(=O)NC1CCCC1)N(Cc1ccc(F)cc1)C(=O)CN(c1cccc(Cl)c1)S(C)(=O)=O. The quantitative estimate of drug-likeness (QED) is 0.507. The van der Waals surface area contributed by atoms with Crippen molar-refractivity contribution < 1.29 is 22.4 Å². The van der Waals surface area contributed by atoms with E-state index < -0.39 is 34.3 Å². The molecule has 7 nitrogen and oxygen atoms in total. The van der Waals surface area contributed by atoms with Crippen molar-refractivity contribution in [2.24, 2.45) is 0 Å². The van der Waals surface area contributed by atoms with Gasteiger partial charge in [0.25, 0.3) is 0 Å². The minimum Gasteiger partial charge on any atom is -0.352 e. The van der Waals surface area contributed by atoms with E-state index in [2.05, 4.69) is 5.32 Å². The number of anilines is 1. The maximum absolute atomic E-state index is 13.6. The van der Waals surface area contributed by atoms with Crippen molar-refractivity contribution in [2.45, 2.75) is 57.7 Å². The van der Waals surface area contributed by atoms with Gasteiger partial charge in [0.1, 0.15) is 18.4 Å². The van der Waals surface area contributed by atoms with Crippen LogP contribution in [0.1, 0.15) is 44.6 Å². The van der Waals surface area contributed by atoms with Gasteiger partial charge in [0.2, 0.25) is 21.8 Å². The summed E-state index contributed by atoms with van der Waals surface area (Å²) in [6, 6.07) is 11.1. The summed E-state index contributed by atoms with van der Waals surface area (Å²) >= 11 is 6.05. The Morgan fingerprint density at radius 2 is 1.80 bits per heavy atom. The summed E-state index contributed by atoms with van der Waals surface area (Å²) in [6.45, 7) is 1.32. The number of carbonyl (C=O) groups excluding carboxylic acids is 2. The molecule has 1 saturated carbocycles. The first-order valence-corrected chi connectivity index (χ1v) is 13.9. The van der Waals surface area contributed by atoms with Gasteiger partial charge in [-0.2, -0.15) is 0 Å². The molecule has 1 fully saturated rings. The summed E-state index contributed by atoms with van der Waals surface area (Å²) in [6.07, 6.45) is 5.22. The van der Waals surface area contributed by atoms with Gasteiger partial charge in [-0.05, 0) is 55.2 Å². The average molecular weight is 524 g/mol. The van der Waals surface area contributed by atoms with Crippen LogP contribution in [0.25, 0.3) is 0 Å². The van der Waals surface area contributed by atoms with E-state index in [1.54, 1.807) is 37.3 Å². The van der Waals surface area contributed by atoms with Crippen molar-refractivity contribution in [3.8, 4) is 0 Å². The number of rotatable bonds is 10. The molecule has 0 aliphatic heterocycles. The number of hydrogen-bond donors (Lipinski definition) is 1. The summed E-state index contributed by atoms with van der Waals surface area (Å²) in [5, 5.41) is 3.37. The van der Waals surface area contributed by atoms with Crippen LogP contribution in [0.5, 0.6) is 0 Å². The molecule has 0 heterocycles. The third kappa shape index (κ3) is 7.41. The van der Waals surface area contributed by atoms with Crippen LogP contribution in [0, 0.1) is 5.82 Å². The number of nitrogens with zero attached hydrogens (tertiary/aromatic N) is 2. The molecule has 0 saturated heterocycles. The number of sulfonamides is 1. The highest BCUT2D eigenvalue weighted by molar-refractivity contribution is 7.92. The topological polar surface area (TPSA) is 86.8 Å². The molecule has 1 atom stereocenters. The summed E-state index contributed by atoms with van der Waals surface area (Å²) in [7, 11) is -3.84. The highest BCUT2D eigenvalue weighted by Crippen LogP contribution is 2.23. The summed E-state index contributed by atoms with van der Waals surface area (Å²) in [5.41, 5.74) is 0.874. The van der Waals surface area contributed by atoms with E-state index in [9.17, 15) is 22.4 Å². The highest BCUT2D eigenvalue weighted by Gasteiger charge is 2.33. The summed E-state index contributed by atoms with van der Waals surface area (Å²) in [4.78, 5) is 28.2. The molecule has 2 amide bonds. The molecule has 0 spiro atoms. The number of nitrogens with one attached hydrogen (secondary N) is 1. The van der Waals surface area contributed by atoms with Gasteiger partial charge in [-0.3, -0.25) is 13.9 Å². The smallest absolute Gasteiger partial charge is 0.244 e. The van der Waals surface area contributed by atoms with Crippen LogP contribution >= 0.6 is 11.6 Å². The van der Waals surface area contributed by atoms with Crippen LogP contribution in [0.2, 0.25) is 5.02 Å². The molecule has 0 bridgehead atoms. The second-order valence-corrected chi connectivity index (χ2v) is 11.2. The Morgan fingerprint density at radius 3 is 2.37 bits per heavy atom. The zero-order chi connectivity index (χ0) is 25.6. The van der Waals surface area contributed by atoms with Crippen LogP contribution in [-0.2, 0) is 26.2 Å². The van der Waals surface area contributed by atoms with Gasteiger partial charge in [-0.25, -0.2) is 12.8 Å². The van der Waals surface area contributed by atoms with Crippen molar-refractivity contribution in [3.63, 3.8) is 0 Å². The lowest BCUT2D eigenvalue weighted by atomic mass is 10.1. The molecule has 1 aliphatic rings. The summed E-state index contributed by atoms with van der Waals surface area (Å²) in [5.74, 6) is -1.24. The Morgan fingerprint density at radius 1 is 1.14 bits per heavy atom. The van der Waals surface area contributed by atoms with Gasteiger partial charge in [0.05, 0.1) is 11.9 Å². The zero-order valence-corrected chi connectivity index (χ0v) is 21.5. The Labute approximate surface area is 211 Å². The van der Waals surface area contributed by atoms with E-state index >= 15 is 0 Å². The minimum atomic E-state index is -3.84. The predicted octanol–water partition coefficient (Wildman–Crippen LogP) is 4.11. The maximum atomic E-state index is 13.6. The molecule has 2 aromatic rings. The van der Waals surface area contributed by atoms with Gasteiger partial charge in [0, 0.05) is 17.6 Å². The largest absolute Gasteiger partial charge is 0.352 e. The molecule has 1 aliphatic carbocycles. The monoisotopic (exact) mass is 523 g/mol. The molecule has 0 radical (unpaired) electrons. The van der Waals surface area contributed by atoms with E-state index in [0.29, 0.717) is 17.0 Å². The third-order valence-electron chi connectivity index (χ3n) is 6.13. The Hall–Kier alpha value is -2.65. The van der Waals surface area contributed by atoms with Crippen LogP contribution < -0.4 is 9.62 Å². The number of hydrogen-bond acceptors (Lipinski definition) is 4. The van der Waals surface area contributed by atoms with Crippen molar-refractivity contribution in [1.29, 1.82) is 0 Å². The first-order valence-electron chi connectivity index (χ1n) is 11.7. The minimum absolute atomic E-state index is 0.0306. The Bertz CT molecular complexity index is 1140. The lowest BCUT2D eigenvalue weighted by Crippen LogP contribution is -2.53. The molecule has 35 heavy (non-hydrogen) atoms. The van der Waals surface area contributed by atoms with Crippen LogP contribution in [-0.4, -0.2) is 50.0 Å².